The maximum absolute atomic E-state index is 12.6. The minimum absolute atomic E-state index is 0.0290. The molecule has 0 atom stereocenters. The van der Waals surface area contributed by atoms with Gasteiger partial charge in [-0.05, 0) is 67.6 Å². The fraction of sp³-hybridized carbons (Fsp3) is 0.292. The number of rotatable bonds is 8. The quantitative estimate of drug-likeness (QED) is 0.521. The molecule has 1 amide bonds. The summed E-state index contributed by atoms with van der Waals surface area (Å²) in [4.78, 5) is 20.6. The summed E-state index contributed by atoms with van der Waals surface area (Å²) in [6.45, 7) is 7.83. The van der Waals surface area contributed by atoms with Crippen LogP contribution in [0, 0.1) is 13.8 Å². The lowest BCUT2D eigenvalue weighted by Gasteiger charge is -2.10. The Morgan fingerprint density at radius 3 is 2.09 bits per heavy atom. The van der Waals surface area contributed by atoms with E-state index in [4.69, 9.17) is 0 Å². The summed E-state index contributed by atoms with van der Waals surface area (Å²) >= 11 is 0. The standard InChI is InChI=1S/C24H28N4O3S/c1-16(2)20-8-5-19(6-9-20)7-14-23(29)27-21-10-12-22(13-11-21)32(30,31)28-24-25-17(3)15-18(4)26-24/h5-6,8-13,15-16H,7,14H2,1-4H3,(H,27,29)(H,25,26,28). The Labute approximate surface area is 189 Å². The van der Waals surface area contributed by atoms with Crippen molar-refractivity contribution in [2.45, 2.75) is 51.3 Å². The lowest BCUT2D eigenvalue weighted by molar-refractivity contribution is -0.116. The second-order valence-electron chi connectivity index (χ2n) is 8.05. The van der Waals surface area contributed by atoms with E-state index in [9.17, 15) is 13.2 Å². The fourth-order valence-corrected chi connectivity index (χ4v) is 4.16. The lowest BCUT2D eigenvalue weighted by Crippen LogP contribution is -2.16. The van der Waals surface area contributed by atoms with Crippen molar-refractivity contribution in [3.63, 3.8) is 0 Å². The van der Waals surface area contributed by atoms with Crippen molar-refractivity contribution in [2.75, 3.05) is 10.0 Å². The molecule has 0 bridgehead atoms. The summed E-state index contributed by atoms with van der Waals surface area (Å²) in [5, 5.41) is 2.81. The van der Waals surface area contributed by atoms with Crippen LogP contribution >= 0.6 is 0 Å². The molecular weight excluding hydrogens is 424 g/mol. The molecule has 0 saturated carbocycles. The molecule has 3 aromatic rings. The van der Waals surface area contributed by atoms with Crippen LogP contribution in [-0.4, -0.2) is 24.3 Å². The molecular formula is C24H28N4O3S. The minimum atomic E-state index is -3.84. The van der Waals surface area contributed by atoms with Crippen molar-refractivity contribution in [3.8, 4) is 0 Å². The van der Waals surface area contributed by atoms with E-state index in [-0.39, 0.29) is 16.8 Å². The fourth-order valence-electron chi connectivity index (χ4n) is 3.22. The van der Waals surface area contributed by atoms with Gasteiger partial charge in [0, 0.05) is 23.5 Å². The average Bonchev–Trinajstić information content (AvgIpc) is 2.72. The van der Waals surface area contributed by atoms with Crippen LogP contribution in [0.15, 0.2) is 59.5 Å². The molecule has 0 radical (unpaired) electrons. The Kier molecular flexibility index (Phi) is 7.25. The van der Waals surface area contributed by atoms with Gasteiger partial charge in [-0.25, -0.2) is 23.1 Å². The van der Waals surface area contributed by atoms with Crippen molar-refractivity contribution in [1.82, 2.24) is 9.97 Å². The molecule has 0 unspecified atom stereocenters. The van der Waals surface area contributed by atoms with Crippen molar-refractivity contribution < 1.29 is 13.2 Å². The van der Waals surface area contributed by atoms with E-state index >= 15 is 0 Å². The third kappa shape index (κ3) is 6.37. The molecule has 0 aliphatic heterocycles. The monoisotopic (exact) mass is 452 g/mol. The summed E-state index contributed by atoms with van der Waals surface area (Å²) < 4.78 is 27.6. The Bertz CT molecular complexity index is 1170. The first kappa shape index (κ1) is 23.4. The van der Waals surface area contributed by atoms with Gasteiger partial charge in [0.2, 0.25) is 11.9 Å². The van der Waals surface area contributed by atoms with E-state index < -0.39 is 10.0 Å². The largest absolute Gasteiger partial charge is 0.326 e. The molecule has 168 valence electrons. The van der Waals surface area contributed by atoms with Gasteiger partial charge in [-0.15, -0.1) is 0 Å². The van der Waals surface area contributed by atoms with Crippen LogP contribution in [-0.2, 0) is 21.2 Å². The number of aromatic nitrogens is 2. The third-order valence-corrected chi connectivity index (χ3v) is 6.29. The highest BCUT2D eigenvalue weighted by Crippen LogP contribution is 2.18. The van der Waals surface area contributed by atoms with Crippen LogP contribution < -0.4 is 10.0 Å². The number of amides is 1. The molecule has 7 nitrogen and oxygen atoms in total. The number of aryl methyl sites for hydroxylation is 3. The maximum Gasteiger partial charge on any atom is 0.264 e. The number of nitrogens with zero attached hydrogens (tertiary/aromatic N) is 2. The zero-order chi connectivity index (χ0) is 23.3. The van der Waals surface area contributed by atoms with Crippen LogP contribution in [0.2, 0.25) is 0 Å². The number of sulfonamides is 1. The normalized spacial score (nSPS) is 11.4. The molecule has 8 heteroatoms. The first-order valence-corrected chi connectivity index (χ1v) is 11.9. The van der Waals surface area contributed by atoms with E-state index in [0.29, 0.717) is 35.8 Å². The zero-order valence-electron chi connectivity index (χ0n) is 18.7. The molecule has 0 spiro atoms. The lowest BCUT2D eigenvalue weighted by atomic mass is 10.0. The maximum atomic E-state index is 12.6. The number of carbonyl (C=O) groups is 1. The van der Waals surface area contributed by atoms with Crippen LogP contribution in [0.3, 0.4) is 0 Å². The summed E-state index contributed by atoms with van der Waals surface area (Å²) in [5.41, 5.74) is 4.25. The third-order valence-electron chi connectivity index (χ3n) is 4.94. The summed E-state index contributed by atoms with van der Waals surface area (Å²) in [5.74, 6) is 0.374. The summed E-state index contributed by atoms with van der Waals surface area (Å²) in [6, 6.07) is 16.0. The van der Waals surface area contributed by atoms with Crippen LogP contribution in [0.4, 0.5) is 11.6 Å². The van der Waals surface area contributed by atoms with Gasteiger partial charge in [0.25, 0.3) is 10.0 Å². The van der Waals surface area contributed by atoms with Gasteiger partial charge in [0.05, 0.1) is 4.90 Å². The molecule has 0 aliphatic carbocycles. The van der Waals surface area contributed by atoms with Gasteiger partial charge in [-0.3, -0.25) is 4.79 Å². The van der Waals surface area contributed by atoms with Crippen molar-refractivity contribution in [3.05, 3.63) is 77.1 Å². The minimum Gasteiger partial charge on any atom is -0.326 e. The zero-order valence-corrected chi connectivity index (χ0v) is 19.5. The topological polar surface area (TPSA) is 101 Å². The molecule has 1 aromatic heterocycles. The van der Waals surface area contributed by atoms with Gasteiger partial charge in [0.15, 0.2) is 0 Å². The molecule has 2 N–H and O–H groups in total. The van der Waals surface area contributed by atoms with Gasteiger partial charge in [0.1, 0.15) is 0 Å². The molecule has 1 heterocycles. The number of anilines is 2. The van der Waals surface area contributed by atoms with Crippen molar-refractivity contribution >= 4 is 27.6 Å². The van der Waals surface area contributed by atoms with Gasteiger partial charge in [-0.2, -0.15) is 0 Å². The molecule has 2 aromatic carbocycles. The molecule has 0 fully saturated rings. The summed E-state index contributed by atoms with van der Waals surface area (Å²) in [6.07, 6.45) is 0.975. The Morgan fingerprint density at radius 2 is 1.53 bits per heavy atom. The van der Waals surface area contributed by atoms with Crippen LogP contribution in [0.5, 0.6) is 0 Å². The first-order valence-electron chi connectivity index (χ1n) is 10.5. The SMILES string of the molecule is Cc1cc(C)nc(NS(=O)(=O)c2ccc(NC(=O)CCc3ccc(C(C)C)cc3)cc2)n1. The molecule has 32 heavy (non-hydrogen) atoms. The molecule has 0 saturated heterocycles. The molecule has 0 aliphatic rings. The molecule has 3 rings (SSSR count). The van der Waals surface area contributed by atoms with E-state index in [1.54, 1.807) is 32.0 Å². The van der Waals surface area contributed by atoms with E-state index in [1.165, 1.54) is 17.7 Å². The number of nitrogens with one attached hydrogen (secondary N) is 2. The van der Waals surface area contributed by atoms with E-state index in [2.05, 4.69) is 58.1 Å². The van der Waals surface area contributed by atoms with Crippen molar-refractivity contribution in [1.29, 1.82) is 0 Å². The van der Waals surface area contributed by atoms with Crippen LogP contribution in [0.25, 0.3) is 0 Å². The van der Waals surface area contributed by atoms with Gasteiger partial charge in [-0.1, -0.05) is 38.1 Å². The number of hydrogen-bond donors (Lipinski definition) is 2. The van der Waals surface area contributed by atoms with E-state index in [0.717, 1.165) is 5.56 Å². The van der Waals surface area contributed by atoms with Gasteiger partial charge >= 0.3 is 0 Å². The highest BCUT2D eigenvalue weighted by molar-refractivity contribution is 7.92. The van der Waals surface area contributed by atoms with E-state index in [1.807, 2.05) is 0 Å². The summed E-state index contributed by atoms with van der Waals surface area (Å²) in [7, 11) is -3.84. The second-order valence-corrected chi connectivity index (χ2v) is 9.73. The Morgan fingerprint density at radius 1 is 0.938 bits per heavy atom. The first-order chi connectivity index (χ1) is 15.1. The highest BCUT2D eigenvalue weighted by atomic mass is 32.2. The predicted molar refractivity (Wildman–Crippen MR) is 126 cm³/mol. The number of carbonyl (C=O) groups excluding carboxylic acids is 1. The van der Waals surface area contributed by atoms with Crippen molar-refractivity contribution in [2.24, 2.45) is 0 Å². The van der Waals surface area contributed by atoms with Crippen LogP contribution in [0.1, 0.15) is 48.7 Å². The van der Waals surface area contributed by atoms with Gasteiger partial charge < -0.3 is 5.32 Å². The predicted octanol–water partition coefficient (Wildman–Crippen LogP) is 4.59. The Balaban J connectivity index is 1.58. The number of hydrogen-bond acceptors (Lipinski definition) is 5. The smallest absolute Gasteiger partial charge is 0.264 e. The number of benzene rings is 2. The average molecular weight is 453 g/mol. The second kappa shape index (κ2) is 9.91. The Hall–Kier alpha value is -3.26. The highest BCUT2D eigenvalue weighted by Gasteiger charge is 2.16.